The van der Waals surface area contributed by atoms with Crippen LogP contribution in [0, 0.1) is 11.8 Å². The highest BCUT2D eigenvalue weighted by Gasteiger charge is 2.35. The molecule has 0 bridgehead atoms. The summed E-state index contributed by atoms with van der Waals surface area (Å²) >= 11 is 0. The number of nitrogens with zero attached hydrogens (tertiary/aromatic N) is 2. The topological polar surface area (TPSA) is 49.9 Å². The molecule has 1 aromatic carbocycles. The van der Waals surface area contributed by atoms with Gasteiger partial charge in [-0.2, -0.15) is 0 Å². The van der Waals surface area contributed by atoms with Gasteiger partial charge in [0, 0.05) is 32.1 Å². The Morgan fingerprint density at radius 2 is 1.71 bits per heavy atom. The van der Waals surface area contributed by atoms with E-state index in [9.17, 15) is 9.59 Å². The summed E-state index contributed by atoms with van der Waals surface area (Å²) in [4.78, 5) is 29.3. The lowest BCUT2D eigenvalue weighted by Crippen LogP contribution is -2.47. The number of piperidine rings is 1. The minimum Gasteiger partial charge on any atom is -0.444 e. The first kappa shape index (κ1) is 23.6. The van der Waals surface area contributed by atoms with Gasteiger partial charge in [-0.1, -0.05) is 30.3 Å². The molecular weight excluding hydrogens is 388 g/mol. The van der Waals surface area contributed by atoms with E-state index in [2.05, 4.69) is 42.2 Å². The van der Waals surface area contributed by atoms with Gasteiger partial charge in [-0.15, -0.1) is 0 Å². The van der Waals surface area contributed by atoms with Crippen molar-refractivity contribution in [2.75, 3.05) is 20.1 Å². The van der Waals surface area contributed by atoms with Gasteiger partial charge in [-0.05, 0) is 83.6 Å². The molecule has 1 saturated carbocycles. The lowest BCUT2D eigenvalue weighted by atomic mass is 9.80. The molecule has 2 aliphatic rings. The lowest BCUT2D eigenvalue weighted by molar-refractivity contribution is -0.140. The van der Waals surface area contributed by atoms with Crippen LogP contribution in [0.5, 0.6) is 0 Å². The van der Waals surface area contributed by atoms with E-state index in [1.165, 1.54) is 5.56 Å². The van der Waals surface area contributed by atoms with E-state index in [0.717, 1.165) is 45.1 Å². The highest BCUT2D eigenvalue weighted by atomic mass is 16.6. The van der Waals surface area contributed by atoms with Crippen LogP contribution < -0.4 is 0 Å². The Hall–Kier alpha value is -2.04. The maximum Gasteiger partial charge on any atom is 0.410 e. The molecule has 3 rings (SSSR count). The van der Waals surface area contributed by atoms with Crippen molar-refractivity contribution in [3.63, 3.8) is 0 Å². The number of carbonyl (C=O) groups is 2. The first-order valence-electron chi connectivity index (χ1n) is 11.9. The number of carbonyl (C=O) groups excluding carboxylic acids is 2. The Balaban J connectivity index is 1.45. The summed E-state index contributed by atoms with van der Waals surface area (Å²) in [6, 6.07) is 11.0. The predicted molar refractivity (Wildman–Crippen MR) is 124 cm³/mol. The van der Waals surface area contributed by atoms with Crippen molar-refractivity contribution in [2.24, 2.45) is 11.8 Å². The second-order valence-corrected chi connectivity index (χ2v) is 10.6. The van der Waals surface area contributed by atoms with Crippen molar-refractivity contribution >= 4 is 12.0 Å². The number of likely N-dealkylation sites (tertiary alicyclic amines) is 1. The summed E-state index contributed by atoms with van der Waals surface area (Å²) in [5, 5.41) is 0. The number of amides is 2. The van der Waals surface area contributed by atoms with Gasteiger partial charge in [0.15, 0.2) is 0 Å². The van der Waals surface area contributed by atoms with Gasteiger partial charge in [0.05, 0.1) is 0 Å². The van der Waals surface area contributed by atoms with Crippen LogP contribution in [0.1, 0.15) is 77.7 Å². The summed E-state index contributed by atoms with van der Waals surface area (Å²) in [5.74, 6) is 1.49. The van der Waals surface area contributed by atoms with E-state index >= 15 is 0 Å². The molecule has 1 aliphatic carbocycles. The molecule has 1 heterocycles. The van der Waals surface area contributed by atoms with E-state index in [0.29, 0.717) is 30.3 Å². The van der Waals surface area contributed by atoms with Gasteiger partial charge in [0.2, 0.25) is 5.91 Å². The summed E-state index contributed by atoms with van der Waals surface area (Å²) in [6.07, 6.45) is 5.69. The van der Waals surface area contributed by atoms with Crippen molar-refractivity contribution in [3.8, 4) is 0 Å². The van der Waals surface area contributed by atoms with E-state index < -0.39 is 5.60 Å². The molecule has 5 nitrogen and oxygen atoms in total. The van der Waals surface area contributed by atoms with Crippen LogP contribution in [-0.2, 0) is 9.53 Å². The van der Waals surface area contributed by atoms with Crippen molar-refractivity contribution in [1.82, 2.24) is 9.80 Å². The fourth-order valence-electron chi connectivity index (χ4n) is 5.16. The standard InChI is InChI=1S/C26H40N2O3/c1-19-17-23(21-9-7-6-8-10-21)15-16-28(19)24(29)22-13-11-20(12-14-22)18-27(5)25(30)31-26(2,3)4/h6-10,19-20,22-23H,11-18H2,1-5H3/t19?,20-,22-,23?. The number of hydrogen-bond acceptors (Lipinski definition) is 3. The fraction of sp³-hybridized carbons (Fsp3) is 0.692. The van der Waals surface area contributed by atoms with Crippen LogP contribution in [0.2, 0.25) is 0 Å². The second kappa shape index (κ2) is 10.1. The number of hydrogen-bond donors (Lipinski definition) is 0. The monoisotopic (exact) mass is 428 g/mol. The van der Waals surface area contributed by atoms with E-state index in [1.807, 2.05) is 27.8 Å². The normalized spacial score (nSPS) is 26.9. The minimum atomic E-state index is -0.472. The Bertz CT molecular complexity index is 735. The summed E-state index contributed by atoms with van der Waals surface area (Å²) in [7, 11) is 1.81. The predicted octanol–water partition coefficient (Wildman–Crippen LogP) is 5.45. The zero-order chi connectivity index (χ0) is 22.6. The van der Waals surface area contributed by atoms with Gasteiger partial charge in [-0.25, -0.2) is 4.79 Å². The Labute approximate surface area is 188 Å². The highest BCUT2D eigenvalue weighted by Crippen LogP contribution is 2.35. The summed E-state index contributed by atoms with van der Waals surface area (Å²) in [6.45, 7) is 9.43. The maximum absolute atomic E-state index is 13.2. The van der Waals surface area contributed by atoms with Crippen molar-refractivity contribution in [2.45, 2.75) is 83.8 Å². The Morgan fingerprint density at radius 3 is 2.29 bits per heavy atom. The number of ether oxygens (including phenoxy) is 1. The molecule has 2 atom stereocenters. The third-order valence-corrected chi connectivity index (χ3v) is 6.86. The van der Waals surface area contributed by atoms with E-state index in [-0.39, 0.29) is 12.0 Å². The Morgan fingerprint density at radius 1 is 1.06 bits per heavy atom. The minimum absolute atomic E-state index is 0.138. The molecule has 31 heavy (non-hydrogen) atoms. The van der Waals surface area contributed by atoms with E-state index in [1.54, 1.807) is 4.90 Å². The van der Waals surface area contributed by atoms with Crippen LogP contribution in [0.4, 0.5) is 4.79 Å². The SMILES string of the molecule is CC1CC(c2ccccc2)CCN1C(=O)[C@H]1CC[C@H](CN(C)C(=O)OC(C)(C)C)CC1. The molecule has 1 aliphatic heterocycles. The molecule has 1 aromatic rings. The third kappa shape index (κ3) is 6.47. The second-order valence-electron chi connectivity index (χ2n) is 10.6. The van der Waals surface area contributed by atoms with Crippen LogP contribution in [-0.4, -0.2) is 53.6 Å². The van der Waals surface area contributed by atoms with Gasteiger partial charge in [0.1, 0.15) is 5.60 Å². The van der Waals surface area contributed by atoms with Gasteiger partial charge >= 0.3 is 6.09 Å². The maximum atomic E-state index is 13.2. The molecule has 0 N–H and O–H groups in total. The average Bonchev–Trinajstić information content (AvgIpc) is 2.73. The number of benzene rings is 1. The van der Waals surface area contributed by atoms with Crippen LogP contribution >= 0.6 is 0 Å². The zero-order valence-electron chi connectivity index (χ0n) is 20.0. The molecule has 0 spiro atoms. The highest BCUT2D eigenvalue weighted by molar-refractivity contribution is 5.79. The fourth-order valence-corrected chi connectivity index (χ4v) is 5.16. The molecule has 2 unspecified atom stereocenters. The molecule has 0 radical (unpaired) electrons. The summed E-state index contributed by atoms with van der Waals surface area (Å²) in [5.41, 5.74) is 0.927. The first-order valence-corrected chi connectivity index (χ1v) is 11.9. The smallest absolute Gasteiger partial charge is 0.410 e. The van der Waals surface area contributed by atoms with Crippen molar-refractivity contribution in [3.05, 3.63) is 35.9 Å². The zero-order valence-corrected chi connectivity index (χ0v) is 20.0. The van der Waals surface area contributed by atoms with Crippen molar-refractivity contribution < 1.29 is 14.3 Å². The molecule has 0 aromatic heterocycles. The van der Waals surface area contributed by atoms with Gasteiger partial charge in [0.25, 0.3) is 0 Å². The lowest BCUT2D eigenvalue weighted by Gasteiger charge is -2.41. The van der Waals surface area contributed by atoms with Crippen molar-refractivity contribution in [1.29, 1.82) is 0 Å². The molecule has 1 saturated heterocycles. The van der Waals surface area contributed by atoms with Crippen LogP contribution in [0.15, 0.2) is 30.3 Å². The molecule has 5 heteroatoms. The molecule has 2 fully saturated rings. The number of rotatable bonds is 4. The largest absolute Gasteiger partial charge is 0.444 e. The van der Waals surface area contributed by atoms with Crippen LogP contribution in [0.25, 0.3) is 0 Å². The average molecular weight is 429 g/mol. The molecule has 172 valence electrons. The first-order chi connectivity index (χ1) is 14.6. The molecular formula is C26H40N2O3. The Kier molecular flexibility index (Phi) is 7.66. The molecule has 2 amide bonds. The van der Waals surface area contributed by atoms with Gasteiger partial charge in [-0.3, -0.25) is 4.79 Å². The van der Waals surface area contributed by atoms with Crippen LogP contribution in [0.3, 0.4) is 0 Å². The third-order valence-electron chi connectivity index (χ3n) is 6.86. The quantitative estimate of drug-likeness (QED) is 0.640. The summed E-state index contributed by atoms with van der Waals surface area (Å²) < 4.78 is 5.46. The van der Waals surface area contributed by atoms with E-state index in [4.69, 9.17) is 4.74 Å². The van der Waals surface area contributed by atoms with Gasteiger partial charge < -0.3 is 14.5 Å².